The Hall–Kier alpha value is -2.10. The number of imidazole rings is 2. The molecule has 4 aromatic heterocycles. The number of ether oxygens (including phenoxy) is 2. The van der Waals surface area contributed by atoms with Gasteiger partial charge in [-0.3, -0.25) is 24.8 Å². The third-order valence-corrected chi connectivity index (χ3v) is 8.26. The van der Waals surface area contributed by atoms with Gasteiger partial charge in [0.15, 0.2) is 34.7 Å². The van der Waals surface area contributed by atoms with Crippen molar-refractivity contribution in [3.8, 4) is 0 Å². The van der Waals surface area contributed by atoms with E-state index in [4.69, 9.17) is 9.47 Å². The van der Waals surface area contributed by atoms with Gasteiger partial charge in [-0.1, -0.05) is 51.1 Å². The van der Waals surface area contributed by atoms with Gasteiger partial charge >= 0.3 is 51.4 Å². The van der Waals surface area contributed by atoms with E-state index in [9.17, 15) is 29.0 Å². The second-order valence-corrected chi connectivity index (χ2v) is 11.0. The zero-order chi connectivity index (χ0) is 31.4. The van der Waals surface area contributed by atoms with Crippen LogP contribution in [0.3, 0.4) is 0 Å². The first kappa shape index (κ1) is 41.9. The molecule has 46 heavy (non-hydrogen) atoms. The van der Waals surface area contributed by atoms with Crippen molar-refractivity contribution >= 4 is 49.6 Å². The number of hydrogen-bond donors (Lipinski definition) is 1. The van der Waals surface area contributed by atoms with Crippen molar-refractivity contribution in [2.75, 3.05) is 0 Å². The van der Waals surface area contributed by atoms with Gasteiger partial charge in [-0.25, -0.2) is 28.7 Å². The molecule has 0 spiro atoms. The molecule has 2 aliphatic heterocycles. The van der Waals surface area contributed by atoms with Crippen LogP contribution in [0, 0.1) is 32.1 Å². The number of nitrogens with zero attached hydrogens (tertiary/aromatic N) is 7. The molecule has 8 atom stereocenters. The number of H-pyrrole nitrogens is 1. The maximum absolute atomic E-state index is 14.4. The predicted molar refractivity (Wildman–Crippen MR) is 164 cm³/mol. The Kier molecular flexibility index (Phi) is 16.8. The van der Waals surface area contributed by atoms with Gasteiger partial charge < -0.3 is 19.9 Å². The molecule has 0 amide bonds. The molecule has 0 bridgehead atoms. The van der Waals surface area contributed by atoms with Gasteiger partial charge in [0.1, 0.15) is 11.2 Å². The Labute approximate surface area is 314 Å². The summed E-state index contributed by atoms with van der Waals surface area (Å²) in [6, 6.07) is 2.61. The van der Waals surface area contributed by atoms with E-state index in [1.807, 2.05) is 20.8 Å². The van der Waals surface area contributed by atoms with Crippen LogP contribution in [0.1, 0.15) is 54.2 Å². The molecule has 2 saturated heterocycles. The Morgan fingerprint density at radius 3 is 2.02 bits per heavy atom. The van der Waals surface area contributed by atoms with Crippen molar-refractivity contribution < 1.29 is 85.0 Å². The smallest absolute Gasteiger partial charge is 0.870 e. The zero-order valence-corrected chi connectivity index (χ0v) is 29.9. The van der Waals surface area contributed by atoms with E-state index >= 15 is 0 Å². The molecule has 2 N–H and O–H groups in total. The fourth-order valence-electron chi connectivity index (χ4n) is 5.05. The van der Waals surface area contributed by atoms with Gasteiger partial charge in [0, 0.05) is 36.4 Å². The molecule has 0 aliphatic carbocycles. The fraction of sp³-hybridized carbons (Fsp3) is 0.556. The quantitative estimate of drug-likeness (QED) is 0.136. The maximum Gasteiger partial charge on any atom is 1.00 e. The zero-order valence-electron chi connectivity index (χ0n) is 25.2. The summed E-state index contributed by atoms with van der Waals surface area (Å²) in [6.45, 7) is 7.64. The van der Waals surface area contributed by atoms with Gasteiger partial charge in [0.05, 0.1) is 34.7 Å². The van der Waals surface area contributed by atoms with Gasteiger partial charge in [-0.15, -0.1) is 0 Å². The molecular formula is C27H36BrF2KN8O7. The Morgan fingerprint density at radius 1 is 0.935 bits per heavy atom. The van der Waals surface area contributed by atoms with Crippen LogP contribution in [-0.4, -0.2) is 74.4 Å². The number of aromatic nitrogens is 6. The van der Waals surface area contributed by atoms with E-state index in [1.165, 1.54) is 41.7 Å². The number of alkyl halides is 3. The summed E-state index contributed by atoms with van der Waals surface area (Å²) in [6.07, 6.45) is 4.05. The van der Waals surface area contributed by atoms with E-state index in [0.717, 1.165) is 6.42 Å². The summed E-state index contributed by atoms with van der Waals surface area (Å²) >= 11 is 3.13. The number of rotatable bonds is 5. The summed E-state index contributed by atoms with van der Waals surface area (Å²) < 4.78 is 39.9. The molecule has 0 unspecified atom stereocenters. The minimum Gasteiger partial charge on any atom is -0.870 e. The number of pyridine rings is 2. The predicted octanol–water partition coefficient (Wildman–Crippen LogP) is 3.44. The third kappa shape index (κ3) is 8.87. The maximum atomic E-state index is 14.4. The average molecular weight is 742 g/mol. The molecule has 6 rings (SSSR count). The van der Waals surface area contributed by atoms with Crippen LogP contribution in [0.15, 0.2) is 37.2 Å². The largest absolute Gasteiger partial charge is 1.00 e. The van der Waals surface area contributed by atoms with E-state index in [2.05, 4.69) is 40.8 Å². The minimum atomic E-state index is -1.20. The SMILES string of the molecule is C.CC[C@H]1O[C@@H](n2cnc3c([N+](=O)[O-])ccnc32)[C@@H](F)[C@@H]1C.CC[C@H]1O[C@H](Br)[C@@H](F)[C@@H]1C.O=[N+]([O-])c1ccnc2nc[nH]c12.[K+].[OH-]. The molecule has 15 nitrogen and oxygen atoms in total. The van der Waals surface area contributed by atoms with Gasteiger partial charge in [-0.05, 0) is 12.8 Å². The van der Waals surface area contributed by atoms with Crippen molar-refractivity contribution in [3.05, 3.63) is 57.4 Å². The minimum absolute atomic E-state index is 0. The van der Waals surface area contributed by atoms with Crippen LogP contribution in [0.2, 0.25) is 0 Å². The summed E-state index contributed by atoms with van der Waals surface area (Å²) in [5.41, 5.74) is 0.989. The molecule has 0 radical (unpaired) electrons. The molecule has 2 aliphatic rings. The van der Waals surface area contributed by atoms with Crippen molar-refractivity contribution in [3.63, 3.8) is 0 Å². The Bertz CT molecular complexity index is 1580. The first-order valence-corrected chi connectivity index (χ1v) is 14.5. The van der Waals surface area contributed by atoms with E-state index < -0.39 is 28.4 Å². The van der Waals surface area contributed by atoms with Crippen molar-refractivity contribution in [1.29, 1.82) is 0 Å². The molecule has 0 aromatic carbocycles. The number of hydrogen-bond acceptors (Lipinski definition) is 11. The van der Waals surface area contributed by atoms with Crippen molar-refractivity contribution in [1.82, 2.24) is 29.5 Å². The van der Waals surface area contributed by atoms with Crippen LogP contribution < -0.4 is 51.4 Å². The topological polar surface area (TPSA) is 207 Å². The monoisotopic (exact) mass is 740 g/mol. The molecule has 2 fully saturated rings. The molecule has 0 saturated carbocycles. The van der Waals surface area contributed by atoms with Crippen LogP contribution in [0.5, 0.6) is 0 Å². The average Bonchev–Trinajstić information content (AvgIpc) is 3.77. The molecule has 248 valence electrons. The van der Waals surface area contributed by atoms with Crippen LogP contribution in [-0.2, 0) is 9.47 Å². The first-order valence-electron chi connectivity index (χ1n) is 13.6. The van der Waals surface area contributed by atoms with Gasteiger partial charge in [-0.2, -0.15) is 0 Å². The van der Waals surface area contributed by atoms with Crippen LogP contribution >= 0.6 is 15.9 Å². The normalized spacial score (nSPS) is 26.4. The molecule has 4 aromatic rings. The standard InChI is InChI=1S/C13H15FN4O3.C7H12BrFO.C6H4N4O2.CH4.K.H2O/c1-3-9-7(2)10(14)13(21-9)17-6-16-11-8(18(19)20)4-5-15-12(11)17;1-3-5-4(2)6(9)7(8)10-5;11-10(12)4-1-2-7-6-5(4)8-3-9-6;;;/h4-7,9-10,13H,3H2,1-2H3;4-7H,3H2,1-2H3;1-3H,(H,7,8,9);1H4;;1H2/q;;;;+1;/p-1/t7-,9-,10+,13-;4-,5-,6+,7+;;;;/m11..../s1. The Balaban J connectivity index is 0.000000363. The van der Waals surface area contributed by atoms with Gasteiger partial charge in [0.2, 0.25) is 0 Å². The van der Waals surface area contributed by atoms with Crippen LogP contribution in [0.25, 0.3) is 22.3 Å². The summed E-state index contributed by atoms with van der Waals surface area (Å²) in [5, 5.41) is 21.0. The number of halogens is 3. The molecule has 19 heteroatoms. The number of nitrogens with one attached hydrogen (secondary N) is 1. The second kappa shape index (κ2) is 18.4. The third-order valence-electron chi connectivity index (χ3n) is 7.54. The summed E-state index contributed by atoms with van der Waals surface area (Å²) in [4.78, 5) is 38.8. The van der Waals surface area contributed by atoms with E-state index in [-0.39, 0.29) is 116 Å². The van der Waals surface area contributed by atoms with Crippen molar-refractivity contribution in [2.24, 2.45) is 11.8 Å². The van der Waals surface area contributed by atoms with Crippen LogP contribution in [0.4, 0.5) is 20.2 Å². The first-order chi connectivity index (χ1) is 20.5. The summed E-state index contributed by atoms with van der Waals surface area (Å²) in [5.74, 6) is -0.203. The number of fused-ring (bicyclic) bond motifs is 2. The second-order valence-electron chi connectivity index (χ2n) is 10.1. The molecular weight excluding hydrogens is 705 g/mol. The fourth-order valence-corrected chi connectivity index (χ4v) is 5.81. The molecule has 6 heterocycles. The van der Waals surface area contributed by atoms with E-state index in [0.29, 0.717) is 17.6 Å². The Morgan fingerprint density at radius 2 is 1.50 bits per heavy atom. The van der Waals surface area contributed by atoms with Gasteiger partial charge in [0.25, 0.3) is 11.4 Å². The number of nitro groups is 2. The number of aromatic amines is 1. The van der Waals surface area contributed by atoms with E-state index in [1.54, 1.807) is 6.92 Å². The summed E-state index contributed by atoms with van der Waals surface area (Å²) in [7, 11) is 0. The van der Waals surface area contributed by atoms with Crippen molar-refractivity contribution in [2.45, 2.75) is 83.8 Å².